The van der Waals surface area contributed by atoms with Gasteiger partial charge in [-0.05, 0) is 12.5 Å². The molecule has 6 nitrogen and oxygen atoms in total. The maximum atomic E-state index is 12.0. The standard InChI is InChI=1S/C14H19N3O3/c1-3-5-11-14(19)15-8-13(18)17(11)9-10-6-4-7-12(16-10)20-2/h4,6-7,11H,3,5,8-9H2,1-2H3,(H,15,19). The molecule has 2 amide bonds. The van der Waals surface area contributed by atoms with Crippen LogP contribution in [0.2, 0.25) is 0 Å². The molecule has 0 spiro atoms. The predicted octanol–water partition coefficient (Wildman–Crippen LogP) is 0.717. The Labute approximate surface area is 118 Å². The van der Waals surface area contributed by atoms with Gasteiger partial charge in [-0.1, -0.05) is 19.4 Å². The van der Waals surface area contributed by atoms with Gasteiger partial charge in [0.25, 0.3) is 0 Å². The second kappa shape index (κ2) is 6.36. The smallest absolute Gasteiger partial charge is 0.243 e. The van der Waals surface area contributed by atoms with Gasteiger partial charge in [0.15, 0.2) is 0 Å². The molecule has 1 aromatic heterocycles. The van der Waals surface area contributed by atoms with Crippen molar-refractivity contribution in [2.24, 2.45) is 0 Å². The van der Waals surface area contributed by atoms with Gasteiger partial charge < -0.3 is 15.0 Å². The van der Waals surface area contributed by atoms with Crippen molar-refractivity contribution in [2.75, 3.05) is 13.7 Å². The molecular formula is C14H19N3O3. The number of nitrogens with one attached hydrogen (secondary N) is 1. The molecule has 1 atom stereocenters. The van der Waals surface area contributed by atoms with Crippen LogP contribution in [0.5, 0.6) is 5.88 Å². The van der Waals surface area contributed by atoms with Crippen molar-refractivity contribution in [1.82, 2.24) is 15.2 Å². The topological polar surface area (TPSA) is 71.5 Å². The lowest BCUT2D eigenvalue weighted by atomic mass is 10.1. The lowest BCUT2D eigenvalue weighted by Crippen LogP contribution is -2.57. The van der Waals surface area contributed by atoms with Crippen molar-refractivity contribution < 1.29 is 14.3 Å². The van der Waals surface area contributed by atoms with Crippen molar-refractivity contribution in [3.05, 3.63) is 23.9 Å². The molecule has 1 saturated heterocycles. The summed E-state index contributed by atoms with van der Waals surface area (Å²) in [6.45, 7) is 2.38. The van der Waals surface area contributed by atoms with Crippen LogP contribution in [-0.4, -0.2) is 41.4 Å². The van der Waals surface area contributed by atoms with Crippen LogP contribution in [0.25, 0.3) is 0 Å². The summed E-state index contributed by atoms with van der Waals surface area (Å²) in [4.78, 5) is 29.8. The Morgan fingerprint density at radius 3 is 2.95 bits per heavy atom. The average molecular weight is 277 g/mol. The largest absolute Gasteiger partial charge is 0.481 e. The first kappa shape index (κ1) is 14.3. The van der Waals surface area contributed by atoms with Crippen molar-refractivity contribution >= 4 is 11.8 Å². The van der Waals surface area contributed by atoms with Crippen LogP contribution in [0, 0.1) is 0 Å². The van der Waals surface area contributed by atoms with E-state index in [4.69, 9.17) is 4.74 Å². The van der Waals surface area contributed by atoms with Crippen molar-refractivity contribution in [3.8, 4) is 5.88 Å². The molecule has 1 fully saturated rings. The number of hydrogen-bond donors (Lipinski definition) is 1. The minimum absolute atomic E-state index is 0.0585. The zero-order valence-corrected chi connectivity index (χ0v) is 11.8. The molecule has 2 rings (SSSR count). The van der Waals surface area contributed by atoms with Gasteiger partial charge in [-0.2, -0.15) is 0 Å². The van der Waals surface area contributed by atoms with E-state index in [1.165, 1.54) is 0 Å². The number of methoxy groups -OCH3 is 1. The van der Waals surface area contributed by atoms with Gasteiger partial charge in [-0.3, -0.25) is 9.59 Å². The highest BCUT2D eigenvalue weighted by atomic mass is 16.5. The Kier molecular flexibility index (Phi) is 4.55. The first-order valence-electron chi connectivity index (χ1n) is 6.72. The summed E-state index contributed by atoms with van der Waals surface area (Å²) >= 11 is 0. The monoisotopic (exact) mass is 277 g/mol. The zero-order chi connectivity index (χ0) is 14.5. The summed E-state index contributed by atoms with van der Waals surface area (Å²) < 4.78 is 5.07. The molecule has 0 aromatic carbocycles. The van der Waals surface area contributed by atoms with Crippen LogP contribution in [-0.2, 0) is 16.1 Å². The Bertz CT molecular complexity index is 504. The Hall–Kier alpha value is -2.11. The summed E-state index contributed by atoms with van der Waals surface area (Å²) in [5.41, 5.74) is 0.716. The van der Waals surface area contributed by atoms with E-state index < -0.39 is 6.04 Å². The predicted molar refractivity (Wildman–Crippen MR) is 73.0 cm³/mol. The van der Waals surface area contributed by atoms with Gasteiger partial charge in [0.1, 0.15) is 6.04 Å². The van der Waals surface area contributed by atoms with Crippen LogP contribution in [0.1, 0.15) is 25.5 Å². The van der Waals surface area contributed by atoms with E-state index in [0.29, 0.717) is 24.5 Å². The third-order valence-corrected chi connectivity index (χ3v) is 3.30. The normalized spacial score (nSPS) is 18.9. The lowest BCUT2D eigenvalue weighted by Gasteiger charge is -2.34. The number of amides is 2. The van der Waals surface area contributed by atoms with Crippen molar-refractivity contribution in [1.29, 1.82) is 0 Å². The van der Waals surface area contributed by atoms with Gasteiger partial charge in [-0.15, -0.1) is 0 Å². The van der Waals surface area contributed by atoms with Crippen LogP contribution in [0.4, 0.5) is 0 Å². The van der Waals surface area contributed by atoms with Gasteiger partial charge >= 0.3 is 0 Å². The lowest BCUT2D eigenvalue weighted by molar-refractivity contribution is -0.146. The van der Waals surface area contributed by atoms with E-state index in [1.807, 2.05) is 19.1 Å². The fourth-order valence-corrected chi connectivity index (χ4v) is 2.29. The van der Waals surface area contributed by atoms with E-state index >= 15 is 0 Å². The van der Waals surface area contributed by atoms with E-state index in [0.717, 1.165) is 6.42 Å². The Morgan fingerprint density at radius 2 is 2.25 bits per heavy atom. The maximum absolute atomic E-state index is 12.0. The molecule has 1 unspecified atom stereocenters. The van der Waals surface area contributed by atoms with E-state index in [-0.39, 0.29) is 18.4 Å². The number of ether oxygens (including phenoxy) is 1. The highest BCUT2D eigenvalue weighted by Crippen LogP contribution is 2.16. The van der Waals surface area contributed by atoms with Crippen LogP contribution in [0.15, 0.2) is 18.2 Å². The number of piperazine rings is 1. The summed E-state index contributed by atoms with van der Waals surface area (Å²) in [5.74, 6) is 0.338. The molecule has 20 heavy (non-hydrogen) atoms. The van der Waals surface area contributed by atoms with Gasteiger partial charge in [-0.25, -0.2) is 4.98 Å². The number of carbonyl (C=O) groups excluding carboxylic acids is 2. The van der Waals surface area contributed by atoms with E-state index in [9.17, 15) is 9.59 Å². The second-order valence-electron chi connectivity index (χ2n) is 4.72. The van der Waals surface area contributed by atoms with Crippen molar-refractivity contribution in [2.45, 2.75) is 32.4 Å². The fourth-order valence-electron chi connectivity index (χ4n) is 2.29. The maximum Gasteiger partial charge on any atom is 0.243 e. The van der Waals surface area contributed by atoms with Gasteiger partial charge in [0.05, 0.1) is 25.9 Å². The Balaban J connectivity index is 2.18. The number of hydrogen-bond acceptors (Lipinski definition) is 4. The van der Waals surface area contributed by atoms with Crippen LogP contribution >= 0.6 is 0 Å². The molecule has 1 aromatic rings. The summed E-state index contributed by atoms with van der Waals surface area (Å²) in [6, 6.07) is 4.99. The summed E-state index contributed by atoms with van der Waals surface area (Å²) in [5, 5.41) is 2.63. The average Bonchev–Trinajstić information content (AvgIpc) is 2.47. The molecule has 1 N–H and O–H groups in total. The third kappa shape index (κ3) is 3.07. The van der Waals surface area contributed by atoms with Crippen molar-refractivity contribution in [3.63, 3.8) is 0 Å². The molecule has 2 heterocycles. The number of pyridine rings is 1. The van der Waals surface area contributed by atoms with Crippen LogP contribution in [0.3, 0.4) is 0 Å². The highest BCUT2D eigenvalue weighted by molar-refractivity contribution is 5.94. The molecule has 0 bridgehead atoms. The van der Waals surface area contributed by atoms with E-state index in [1.54, 1.807) is 18.1 Å². The Morgan fingerprint density at radius 1 is 1.45 bits per heavy atom. The first-order chi connectivity index (χ1) is 9.65. The molecule has 6 heteroatoms. The molecule has 1 aliphatic rings. The van der Waals surface area contributed by atoms with Gasteiger partial charge in [0, 0.05) is 6.07 Å². The van der Waals surface area contributed by atoms with E-state index in [2.05, 4.69) is 10.3 Å². The molecule has 0 saturated carbocycles. The zero-order valence-electron chi connectivity index (χ0n) is 11.8. The number of aromatic nitrogens is 1. The quantitative estimate of drug-likeness (QED) is 0.860. The minimum atomic E-state index is -0.408. The van der Waals surface area contributed by atoms with Crippen LogP contribution < -0.4 is 10.1 Å². The fraction of sp³-hybridized carbons (Fsp3) is 0.500. The molecule has 0 radical (unpaired) electrons. The molecule has 108 valence electrons. The number of carbonyl (C=O) groups is 2. The minimum Gasteiger partial charge on any atom is -0.481 e. The molecular weight excluding hydrogens is 258 g/mol. The SMILES string of the molecule is CCCC1C(=O)NCC(=O)N1Cc1cccc(OC)n1. The first-order valence-corrected chi connectivity index (χ1v) is 6.72. The summed E-state index contributed by atoms with van der Waals surface area (Å²) in [7, 11) is 1.55. The molecule has 0 aliphatic carbocycles. The summed E-state index contributed by atoms with van der Waals surface area (Å²) in [6.07, 6.45) is 1.49. The molecule has 1 aliphatic heterocycles. The number of nitrogens with zero attached hydrogens (tertiary/aromatic N) is 2. The van der Waals surface area contributed by atoms with Gasteiger partial charge in [0.2, 0.25) is 17.7 Å². The number of rotatable bonds is 5. The highest BCUT2D eigenvalue weighted by Gasteiger charge is 2.33. The second-order valence-corrected chi connectivity index (χ2v) is 4.72. The third-order valence-electron chi connectivity index (χ3n) is 3.30.